The average molecular weight is 393 g/mol. The molecular formula is C17H13ClN2O3S2. The molecule has 0 aliphatic carbocycles. The fourth-order valence-electron chi connectivity index (χ4n) is 1.95. The summed E-state index contributed by atoms with van der Waals surface area (Å²) >= 11 is 8.89. The van der Waals surface area contributed by atoms with Crippen LogP contribution in [0.1, 0.15) is 17.4 Å². The third-order valence-corrected chi connectivity index (χ3v) is 5.44. The van der Waals surface area contributed by atoms with E-state index in [0.717, 1.165) is 9.88 Å². The van der Waals surface area contributed by atoms with Crippen molar-refractivity contribution in [3.8, 4) is 9.88 Å². The van der Waals surface area contributed by atoms with Crippen molar-refractivity contribution < 1.29 is 14.3 Å². The van der Waals surface area contributed by atoms with Crippen LogP contribution >= 0.6 is 34.3 Å². The zero-order chi connectivity index (χ0) is 17.8. The van der Waals surface area contributed by atoms with E-state index < -0.39 is 18.0 Å². The highest BCUT2D eigenvalue weighted by atomic mass is 35.5. The van der Waals surface area contributed by atoms with Crippen molar-refractivity contribution in [3.63, 3.8) is 0 Å². The number of rotatable bonds is 5. The summed E-state index contributed by atoms with van der Waals surface area (Å²) in [4.78, 5) is 29.6. The molecule has 3 aromatic rings. The summed E-state index contributed by atoms with van der Waals surface area (Å²) in [7, 11) is 0. The Hall–Kier alpha value is -2.22. The molecule has 5 nitrogen and oxygen atoms in total. The first kappa shape index (κ1) is 17.6. The predicted molar refractivity (Wildman–Crippen MR) is 100 cm³/mol. The minimum absolute atomic E-state index is 0.186. The van der Waals surface area contributed by atoms with Gasteiger partial charge in [-0.1, -0.05) is 29.8 Å². The summed E-state index contributed by atoms with van der Waals surface area (Å²) in [6, 6.07) is 10.7. The largest absolute Gasteiger partial charge is 0.448 e. The lowest BCUT2D eigenvalue weighted by atomic mass is 10.3. The molecule has 1 aromatic carbocycles. The molecule has 1 N–H and O–H groups in total. The first-order valence-corrected chi connectivity index (χ1v) is 9.44. The molecule has 3 rings (SSSR count). The van der Waals surface area contributed by atoms with E-state index >= 15 is 0 Å². The molecular weight excluding hydrogens is 380 g/mol. The number of esters is 1. The van der Waals surface area contributed by atoms with Gasteiger partial charge < -0.3 is 10.1 Å². The molecule has 0 radical (unpaired) electrons. The second kappa shape index (κ2) is 7.77. The molecule has 0 aliphatic rings. The number of hydrogen-bond acceptors (Lipinski definition) is 6. The molecule has 0 saturated heterocycles. The van der Waals surface area contributed by atoms with E-state index in [1.807, 2.05) is 17.5 Å². The van der Waals surface area contributed by atoms with E-state index in [4.69, 9.17) is 16.3 Å². The number of aromatic nitrogens is 1. The van der Waals surface area contributed by atoms with Crippen molar-refractivity contribution >= 4 is 51.8 Å². The Bertz CT molecular complexity index is 893. The van der Waals surface area contributed by atoms with Gasteiger partial charge in [-0.25, -0.2) is 9.78 Å². The third-order valence-electron chi connectivity index (χ3n) is 3.23. The standard InChI is InChI=1S/C17H13ClN2O3S2/c1-10(15(21)19-12-6-3-2-5-11(12)18)23-17(22)13-9-25-16(20-13)14-7-4-8-24-14/h2-10H,1H3,(H,19,21). The summed E-state index contributed by atoms with van der Waals surface area (Å²) < 4.78 is 5.19. The second-order valence-corrected chi connectivity index (χ2v) is 7.24. The van der Waals surface area contributed by atoms with Crippen LogP contribution in [0.25, 0.3) is 9.88 Å². The van der Waals surface area contributed by atoms with E-state index in [1.165, 1.54) is 18.3 Å². The minimum Gasteiger partial charge on any atom is -0.448 e. The Morgan fingerprint density at radius 3 is 2.72 bits per heavy atom. The van der Waals surface area contributed by atoms with Gasteiger partial charge in [0, 0.05) is 5.38 Å². The number of anilines is 1. The van der Waals surface area contributed by atoms with Gasteiger partial charge in [0.1, 0.15) is 5.01 Å². The number of para-hydroxylation sites is 1. The highest BCUT2D eigenvalue weighted by Crippen LogP contribution is 2.28. The first-order chi connectivity index (χ1) is 12.0. The highest BCUT2D eigenvalue weighted by Gasteiger charge is 2.21. The average Bonchev–Trinajstić information content (AvgIpc) is 3.28. The van der Waals surface area contributed by atoms with Crippen LogP contribution in [0.3, 0.4) is 0 Å². The molecule has 1 atom stereocenters. The van der Waals surface area contributed by atoms with Crippen molar-refractivity contribution in [3.05, 3.63) is 57.9 Å². The van der Waals surface area contributed by atoms with Gasteiger partial charge in [0.15, 0.2) is 11.8 Å². The SMILES string of the molecule is CC(OC(=O)c1csc(-c2cccs2)n1)C(=O)Nc1ccccc1Cl. The number of nitrogens with zero attached hydrogens (tertiary/aromatic N) is 1. The molecule has 1 amide bonds. The highest BCUT2D eigenvalue weighted by molar-refractivity contribution is 7.20. The molecule has 0 aliphatic heterocycles. The Kier molecular flexibility index (Phi) is 5.47. The third kappa shape index (κ3) is 4.25. The maximum absolute atomic E-state index is 12.2. The van der Waals surface area contributed by atoms with Crippen LogP contribution in [0.4, 0.5) is 5.69 Å². The van der Waals surface area contributed by atoms with Crippen molar-refractivity contribution in [2.75, 3.05) is 5.32 Å². The smallest absolute Gasteiger partial charge is 0.358 e. The Balaban J connectivity index is 1.62. The fourth-order valence-corrected chi connectivity index (χ4v) is 3.74. The maximum Gasteiger partial charge on any atom is 0.358 e. The summed E-state index contributed by atoms with van der Waals surface area (Å²) in [5.74, 6) is -1.10. The van der Waals surface area contributed by atoms with Crippen LogP contribution in [0.5, 0.6) is 0 Å². The molecule has 0 bridgehead atoms. The molecule has 0 fully saturated rings. The van der Waals surface area contributed by atoms with Crippen LogP contribution < -0.4 is 5.32 Å². The van der Waals surface area contributed by atoms with Gasteiger partial charge in [0.2, 0.25) is 0 Å². The number of nitrogens with one attached hydrogen (secondary N) is 1. The molecule has 2 heterocycles. The van der Waals surface area contributed by atoms with Gasteiger partial charge >= 0.3 is 5.97 Å². The van der Waals surface area contributed by atoms with Crippen molar-refractivity contribution in [1.29, 1.82) is 0 Å². The number of hydrogen-bond donors (Lipinski definition) is 1. The van der Waals surface area contributed by atoms with Gasteiger partial charge in [-0.05, 0) is 30.5 Å². The van der Waals surface area contributed by atoms with Crippen LogP contribution in [-0.2, 0) is 9.53 Å². The van der Waals surface area contributed by atoms with Crippen molar-refractivity contribution in [2.24, 2.45) is 0 Å². The zero-order valence-electron chi connectivity index (χ0n) is 13.1. The monoisotopic (exact) mass is 392 g/mol. The normalized spacial score (nSPS) is 11.8. The number of carbonyl (C=O) groups is 2. The maximum atomic E-state index is 12.2. The Morgan fingerprint density at radius 2 is 2.00 bits per heavy atom. The number of ether oxygens (including phenoxy) is 1. The molecule has 1 unspecified atom stereocenters. The van der Waals surface area contributed by atoms with E-state index in [9.17, 15) is 9.59 Å². The molecule has 8 heteroatoms. The van der Waals surface area contributed by atoms with E-state index in [1.54, 1.807) is 41.0 Å². The lowest BCUT2D eigenvalue weighted by Crippen LogP contribution is -2.30. The van der Waals surface area contributed by atoms with Gasteiger partial charge in [-0.3, -0.25) is 4.79 Å². The van der Waals surface area contributed by atoms with Gasteiger partial charge in [0.25, 0.3) is 5.91 Å². The van der Waals surface area contributed by atoms with E-state index in [0.29, 0.717) is 10.7 Å². The summed E-state index contributed by atoms with van der Waals surface area (Å²) in [6.45, 7) is 1.50. The van der Waals surface area contributed by atoms with E-state index in [2.05, 4.69) is 10.3 Å². The first-order valence-electron chi connectivity index (χ1n) is 7.30. The van der Waals surface area contributed by atoms with Crippen LogP contribution in [-0.4, -0.2) is 23.0 Å². The van der Waals surface area contributed by atoms with Crippen LogP contribution in [0.2, 0.25) is 5.02 Å². The Morgan fingerprint density at radius 1 is 1.20 bits per heavy atom. The molecule has 128 valence electrons. The summed E-state index contributed by atoms with van der Waals surface area (Å²) in [6.07, 6.45) is -0.976. The minimum atomic E-state index is -0.976. The molecule has 25 heavy (non-hydrogen) atoms. The van der Waals surface area contributed by atoms with Gasteiger partial charge in [0.05, 0.1) is 15.6 Å². The summed E-state index contributed by atoms with van der Waals surface area (Å²) in [5.41, 5.74) is 0.650. The molecule has 0 spiro atoms. The van der Waals surface area contributed by atoms with Gasteiger partial charge in [-0.15, -0.1) is 22.7 Å². The number of thiophene rings is 1. The zero-order valence-corrected chi connectivity index (χ0v) is 15.5. The lowest BCUT2D eigenvalue weighted by Gasteiger charge is -2.13. The Labute approximate surface area is 157 Å². The van der Waals surface area contributed by atoms with E-state index in [-0.39, 0.29) is 5.69 Å². The van der Waals surface area contributed by atoms with Crippen LogP contribution in [0.15, 0.2) is 47.2 Å². The summed E-state index contributed by atoms with van der Waals surface area (Å²) in [5, 5.41) is 7.35. The van der Waals surface area contributed by atoms with Crippen molar-refractivity contribution in [2.45, 2.75) is 13.0 Å². The van der Waals surface area contributed by atoms with Gasteiger partial charge in [-0.2, -0.15) is 0 Å². The lowest BCUT2D eigenvalue weighted by molar-refractivity contribution is -0.123. The number of carbonyl (C=O) groups excluding carboxylic acids is 2. The molecule has 0 saturated carbocycles. The number of benzene rings is 1. The second-order valence-electron chi connectivity index (χ2n) is 5.03. The number of amides is 1. The fraction of sp³-hybridized carbons (Fsp3) is 0.118. The van der Waals surface area contributed by atoms with Crippen molar-refractivity contribution in [1.82, 2.24) is 4.98 Å². The predicted octanol–water partition coefficient (Wildman–Crippen LogP) is 4.71. The topological polar surface area (TPSA) is 68.3 Å². The quantitative estimate of drug-likeness (QED) is 0.638. The number of thiazole rings is 1. The molecule has 2 aromatic heterocycles. The van der Waals surface area contributed by atoms with Crippen LogP contribution in [0, 0.1) is 0 Å². The number of halogens is 1.